The van der Waals surface area contributed by atoms with Crippen molar-refractivity contribution in [2.45, 2.75) is 31.4 Å². The number of anilines is 1. The second-order valence-corrected chi connectivity index (χ2v) is 9.07. The first kappa shape index (κ1) is 19.5. The third-order valence-corrected chi connectivity index (χ3v) is 5.47. The second-order valence-electron chi connectivity index (χ2n) is 6.32. The smallest absolute Gasteiger partial charge is 0.137 e. The lowest BCUT2D eigenvalue weighted by atomic mass is 10.2. The molecule has 0 spiro atoms. The van der Waals surface area contributed by atoms with E-state index in [1.807, 2.05) is 26.0 Å². The van der Waals surface area contributed by atoms with E-state index >= 15 is 0 Å². The lowest BCUT2D eigenvalue weighted by Gasteiger charge is -2.14. The molecule has 27 heavy (non-hydrogen) atoms. The van der Waals surface area contributed by atoms with E-state index in [4.69, 9.17) is 9.88 Å². The van der Waals surface area contributed by atoms with Crippen LogP contribution in [0, 0.1) is 0 Å². The highest BCUT2D eigenvalue weighted by atomic mass is 79.9. The summed E-state index contributed by atoms with van der Waals surface area (Å²) in [5.74, 6) is 4.89. The minimum Gasteiger partial charge on any atom is -0.488 e. The Balaban J connectivity index is 1.92. The molecule has 1 unspecified atom stereocenters. The van der Waals surface area contributed by atoms with E-state index in [-0.39, 0.29) is 12.6 Å². The van der Waals surface area contributed by atoms with Crippen LogP contribution < -0.4 is 15.2 Å². The molecule has 2 heterocycles. The molecule has 9 heteroatoms. The van der Waals surface area contributed by atoms with Crippen LogP contribution in [0.3, 0.4) is 0 Å². The number of hydrogen-bond acceptors (Lipinski definition) is 6. The van der Waals surface area contributed by atoms with Crippen LogP contribution in [0.1, 0.15) is 19.4 Å². The van der Waals surface area contributed by atoms with Gasteiger partial charge < -0.3 is 10.1 Å². The molecule has 0 aliphatic carbocycles. The molecule has 0 saturated heterocycles. The van der Waals surface area contributed by atoms with Crippen LogP contribution in [-0.4, -0.2) is 31.1 Å². The highest BCUT2D eigenvalue weighted by Gasteiger charge is 2.13. The first-order valence-corrected chi connectivity index (χ1v) is 10.8. The molecule has 0 aliphatic heterocycles. The molecule has 1 atom stereocenters. The van der Waals surface area contributed by atoms with Gasteiger partial charge in [-0.1, -0.05) is 0 Å². The number of aromatic nitrogens is 3. The van der Waals surface area contributed by atoms with Crippen molar-refractivity contribution < 1.29 is 8.95 Å². The van der Waals surface area contributed by atoms with Crippen molar-refractivity contribution in [1.29, 1.82) is 0 Å². The maximum Gasteiger partial charge on any atom is 0.137 e. The van der Waals surface area contributed by atoms with Crippen molar-refractivity contribution in [3.63, 3.8) is 0 Å². The van der Waals surface area contributed by atoms with Crippen LogP contribution >= 0.6 is 15.9 Å². The Hall–Kier alpha value is -2.23. The zero-order valence-corrected chi connectivity index (χ0v) is 17.4. The van der Waals surface area contributed by atoms with Gasteiger partial charge >= 0.3 is 0 Å². The maximum absolute atomic E-state index is 12.1. The highest BCUT2D eigenvalue weighted by molar-refractivity contribution is 9.10. The molecule has 3 aromatic rings. The van der Waals surface area contributed by atoms with E-state index in [1.165, 1.54) is 12.5 Å². The zero-order valence-electron chi connectivity index (χ0n) is 15.0. The monoisotopic (exact) mass is 449 g/mol. The molecular weight excluding hydrogens is 430 g/mol. The lowest BCUT2D eigenvalue weighted by molar-refractivity contribution is 0.301. The van der Waals surface area contributed by atoms with Crippen molar-refractivity contribution >= 4 is 48.2 Å². The van der Waals surface area contributed by atoms with Crippen molar-refractivity contribution in [2.24, 2.45) is 5.14 Å². The third kappa shape index (κ3) is 4.55. The van der Waals surface area contributed by atoms with E-state index in [0.29, 0.717) is 16.2 Å². The van der Waals surface area contributed by atoms with Crippen LogP contribution in [0.5, 0.6) is 5.75 Å². The van der Waals surface area contributed by atoms with Crippen molar-refractivity contribution in [1.82, 2.24) is 15.0 Å². The van der Waals surface area contributed by atoms with Gasteiger partial charge in [-0.3, -0.25) is 10.1 Å². The number of rotatable bonds is 6. The van der Waals surface area contributed by atoms with E-state index in [0.717, 1.165) is 21.2 Å². The summed E-state index contributed by atoms with van der Waals surface area (Å²) in [5.41, 5.74) is 1.42. The fraction of sp³-hybridized carbons (Fsp3) is 0.222. The summed E-state index contributed by atoms with van der Waals surface area (Å²) in [6.45, 7) is 4.27. The number of nitrogens with zero attached hydrogens (tertiary/aromatic N) is 3. The van der Waals surface area contributed by atoms with E-state index < -0.39 is 9.71 Å². The average molecular weight is 450 g/mol. The van der Waals surface area contributed by atoms with Gasteiger partial charge in [0.25, 0.3) is 0 Å². The molecule has 3 rings (SSSR count). The van der Waals surface area contributed by atoms with Gasteiger partial charge in [0.15, 0.2) is 0 Å². The summed E-state index contributed by atoms with van der Waals surface area (Å²) in [6, 6.07) is 5.71. The van der Waals surface area contributed by atoms with Crippen molar-refractivity contribution in [3.8, 4) is 5.75 Å². The molecule has 142 valence electrons. The molecule has 0 saturated carbocycles. The first-order chi connectivity index (χ1) is 12.8. The summed E-state index contributed by atoms with van der Waals surface area (Å²) < 4.78 is 18.8. The molecule has 0 aliphatic rings. The number of pyridine rings is 1. The SMILES string of the molecule is C=S(N)(=O)c1cnccc1COc1cc2ncnc(NC(C)C)c2cc1Br. The van der Waals surface area contributed by atoms with Gasteiger partial charge in [-0.2, -0.15) is 0 Å². The molecule has 0 amide bonds. The summed E-state index contributed by atoms with van der Waals surface area (Å²) in [4.78, 5) is 13.0. The maximum atomic E-state index is 12.1. The molecule has 0 fully saturated rings. The van der Waals surface area contributed by atoms with Gasteiger partial charge in [0, 0.05) is 35.5 Å². The molecule has 7 nitrogen and oxygen atoms in total. The fourth-order valence-corrected chi connectivity index (χ4v) is 3.82. The molecular formula is C18H20BrN5O2S. The van der Waals surface area contributed by atoms with Crippen molar-refractivity contribution in [3.05, 3.63) is 47.0 Å². The van der Waals surface area contributed by atoms with Gasteiger partial charge in [-0.15, -0.1) is 0 Å². The number of fused-ring (bicyclic) bond motifs is 1. The highest BCUT2D eigenvalue weighted by Crippen LogP contribution is 2.33. The fourth-order valence-electron chi connectivity index (χ4n) is 2.55. The van der Waals surface area contributed by atoms with Crippen LogP contribution in [-0.2, 0) is 16.3 Å². The van der Waals surface area contributed by atoms with E-state index in [1.54, 1.807) is 12.3 Å². The van der Waals surface area contributed by atoms with Crippen LogP contribution in [0.2, 0.25) is 0 Å². The summed E-state index contributed by atoms with van der Waals surface area (Å²) >= 11 is 3.54. The molecule has 3 N–H and O–H groups in total. The largest absolute Gasteiger partial charge is 0.488 e. The average Bonchev–Trinajstić information content (AvgIpc) is 2.59. The quantitative estimate of drug-likeness (QED) is 0.560. The Labute approximate surface area is 166 Å². The third-order valence-electron chi connectivity index (χ3n) is 3.74. The van der Waals surface area contributed by atoms with Gasteiger partial charge in [0.05, 0.1) is 24.6 Å². The number of halogens is 1. The summed E-state index contributed by atoms with van der Waals surface area (Å²) in [5, 5.41) is 9.87. The Kier molecular flexibility index (Phi) is 5.64. The Morgan fingerprint density at radius 2 is 2.15 bits per heavy atom. The van der Waals surface area contributed by atoms with E-state index in [9.17, 15) is 4.21 Å². The first-order valence-electron chi connectivity index (χ1n) is 8.17. The molecule has 0 bridgehead atoms. The summed E-state index contributed by atoms with van der Waals surface area (Å²) in [7, 11) is -2.88. The van der Waals surface area contributed by atoms with E-state index in [2.05, 4.69) is 42.1 Å². The van der Waals surface area contributed by atoms with Gasteiger partial charge in [-0.25, -0.2) is 14.2 Å². The topological polar surface area (TPSA) is 103 Å². The Morgan fingerprint density at radius 1 is 1.37 bits per heavy atom. The number of benzene rings is 1. The normalized spacial score (nSPS) is 13.5. The zero-order chi connectivity index (χ0) is 19.6. The standard InChI is InChI=1S/C18H20BrN5O2S/c1-11(2)24-18-13-6-14(19)16(7-15(13)22-10-23-18)26-9-12-4-5-21-8-17(12)27(3,20)25/h4-8,10-11H,3,9H2,1-2H3,(H2,20,25)(H,22,23,24). The molecule has 0 radical (unpaired) electrons. The van der Waals surface area contributed by atoms with Gasteiger partial charge in [0.2, 0.25) is 0 Å². The lowest BCUT2D eigenvalue weighted by Crippen LogP contribution is -2.15. The minimum atomic E-state index is -2.88. The van der Waals surface area contributed by atoms with Crippen LogP contribution in [0.4, 0.5) is 5.82 Å². The Bertz CT molecular complexity index is 1090. The van der Waals surface area contributed by atoms with Crippen LogP contribution in [0.25, 0.3) is 10.9 Å². The van der Waals surface area contributed by atoms with Gasteiger partial charge in [0.1, 0.15) is 24.5 Å². The van der Waals surface area contributed by atoms with Crippen LogP contribution in [0.15, 0.2) is 46.3 Å². The summed E-state index contributed by atoms with van der Waals surface area (Å²) in [6.07, 6.45) is 4.57. The minimum absolute atomic E-state index is 0.174. The Morgan fingerprint density at radius 3 is 2.85 bits per heavy atom. The number of nitrogens with two attached hydrogens (primary N) is 1. The molecule has 2 aromatic heterocycles. The second kappa shape index (κ2) is 7.79. The molecule has 1 aromatic carbocycles. The predicted molar refractivity (Wildman–Crippen MR) is 112 cm³/mol. The number of hydrogen-bond donors (Lipinski definition) is 2. The van der Waals surface area contributed by atoms with Gasteiger partial charge in [-0.05, 0) is 47.8 Å². The predicted octanol–water partition coefficient (Wildman–Crippen LogP) is 3.14. The number of nitrogens with one attached hydrogen (secondary N) is 1. The number of ether oxygens (including phenoxy) is 1. The van der Waals surface area contributed by atoms with Crippen molar-refractivity contribution in [2.75, 3.05) is 5.32 Å².